The Morgan fingerprint density at radius 2 is 2.13 bits per heavy atom. The molecule has 122 valence electrons. The van der Waals surface area contributed by atoms with Gasteiger partial charge in [0.15, 0.2) is 12.0 Å². The van der Waals surface area contributed by atoms with Crippen LogP contribution < -0.4 is 0 Å². The summed E-state index contributed by atoms with van der Waals surface area (Å²) in [6.07, 6.45) is 6.13. The smallest absolute Gasteiger partial charge is 0.166 e. The highest BCUT2D eigenvalue weighted by Crippen LogP contribution is 2.62. The topological polar surface area (TPSA) is 49.2 Å². The number of fused-ring (bicyclic) bond motifs is 1. The molecule has 4 rings (SSSR count). The van der Waals surface area contributed by atoms with E-state index in [9.17, 15) is 0 Å². The molecule has 4 atom stereocenters. The summed E-state index contributed by atoms with van der Waals surface area (Å²) in [7, 11) is 0. The summed E-state index contributed by atoms with van der Waals surface area (Å²) in [4.78, 5) is 8.42. The van der Waals surface area contributed by atoms with Gasteiger partial charge in [0.05, 0.1) is 5.39 Å². The summed E-state index contributed by atoms with van der Waals surface area (Å²) in [6.45, 7) is 10.1. The molecule has 0 radical (unpaired) electrons. The zero-order chi connectivity index (χ0) is 16.4. The molecule has 2 aromatic heterocycles. The first-order valence-corrected chi connectivity index (χ1v) is 8.22. The lowest BCUT2D eigenvalue weighted by Gasteiger charge is -2.25. The molecule has 1 saturated carbocycles. The minimum Gasteiger partial charge on any atom is -0.342 e. The van der Waals surface area contributed by atoms with Crippen molar-refractivity contribution in [3.63, 3.8) is 0 Å². The predicted octanol–water partition coefficient (Wildman–Crippen LogP) is 3.95. The van der Waals surface area contributed by atoms with Crippen molar-refractivity contribution >= 4 is 22.6 Å². The molecular weight excluding hydrogens is 314 g/mol. The molecule has 0 amide bonds. The number of nitrogens with zero attached hydrogens (tertiary/aromatic N) is 3. The van der Waals surface area contributed by atoms with Crippen molar-refractivity contribution in [2.24, 2.45) is 11.3 Å². The SMILES string of the molecule is C=C[C@@]1([C@H]2OC(C)(C)O[C@H]2n2ccc3c(Cl)ncnc32)C[C@@H]1C. The molecule has 1 saturated heterocycles. The average molecular weight is 334 g/mol. The average Bonchev–Trinajstić information content (AvgIpc) is 2.83. The predicted molar refractivity (Wildman–Crippen MR) is 88.0 cm³/mol. The van der Waals surface area contributed by atoms with Gasteiger partial charge in [-0.2, -0.15) is 0 Å². The van der Waals surface area contributed by atoms with Crippen LogP contribution in [0, 0.1) is 11.3 Å². The summed E-state index contributed by atoms with van der Waals surface area (Å²) in [6, 6.07) is 1.92. The van der Waals surface area contributed by atoms with Crippen LogP contribution in [0.1, 0.15) is 33.4 Å². The van der Waals surface area contributed by atoms with E-state index in [2.05, 4.69) is 23.5 Å². The van der Waals surface area contributed by atoms with Crippen LogP contribution in [0.4, 0.5) is 0 Å². The van der Waals surface area contributed by atoms with E-state index in [1.54, 1.807) is 0 Å². The van der Waals surface area contributed by atoms with Gasteiger partial charge in [-0.05, 0) is 32.3 Å². The van der Waals surface area contributed by atoms with Crippen LogP contribution in [0.15, 0.2) is 31.2 Å². The maximum Gasteiger partial charge on any atom is 0.166 e. The number of rotatable bonds is 3. The van der Waals surface area contributed by atoms with Gasteiger partial charge in [-0.25, -0.2) is 9.97 Å². The van der Waals surface area contributed by atoms with E-state index in [1.165, 1.54) is 6.33 Å². The van der Waals surface area contributed by atoms with Gasteiger partial charge in [-0.3, -0.25) is 0 Å². The van der Waals surface area contributed by atoms with Gasteiger partial charge < -0.3 is 14.0 Å². The summed E-state index contributed by atoms with van der Waals surface area (Å²) in [5.74, 6) is -0.119. The second-order valence-corrected chi connectivity index (χ2v) is 7.35. The van der Waals surface area contributed by atoms with Gasteiger partial charge in [0.1, 0.15) is 23.2 Å². The van der Waals surface area contributed by atoms with Crippen LogP contribution in [0.3, 0.4) is 0 Å². The van der Waals surface area contributed by atoms with E-state index in [0.29, 0.717) is 11.1 Å². The number of hydrogen-bond donors (Lipinski definition) is 0. The summed E-state index contributed by atoms with van der Waals surface area (Å²) >= 11 is 6.17. The van der Waals surface area contributed by atoms with Crippen LogP contribution in [0.2, 0.25) is 5.15 Å². The third-order valence-electron chi connectivity index (χ3n) is 5.14. The maximum atomic E-state index is 6.26. The summed E-state index contributed by atoms with van der Waals surface area (Å²) in [5.41, 5.74) is 0.708. The largest absolute Gasteiger partial charge is 0.342 e. The molecule has 3 heterocycles. The first kappa shape index (κ1) is 15.1. The molecular formula is C17H20ClN3O2. The lowest BCUT2D eigenvalue weighted by molar-refractivity contribution is -0.156. The third-order valence-corrected chi connectivity index (χ3v) is 5.44. The van der Waals surface area contributed by atoms with E-state index in [4.69, 9.17) is 21.1 Å². The van der Waals surface area contributed by atoms with E-state index in [-0.39, 0.29) is 17.7 Å². The fourth-order valence-corrected chi connectivity index (χ4v) is 3.93. The van der Waals surface area contributed by atoms with Gasteiger partial charge in [0.25, 0.3) is 0 Å². The van der Waals surface area contributed by atoms with E-state index in [1.807, 2.05) is 36.8 Å². The number of aromatic nitrogens is 3. The first-order valence-electron chi connectivity index (χ1n) is 7.84. The monoisotopic (exact) mass is 333 g/mol. The van der Waals surface area contributed by atoms with Gasteiger partial charge >= 0.3 is 0 Å². The molecule has 1 aliphatic carbocycles. The van der Waals surface area contributed by atoms with Crippen molar-refractivity contribution in [3.05, 3.63) is 36.4 Å². The zero-order valence-corrected chi connectivity index (χ0v) is 14.2. The number of halogens is 1. The Kier molecular flexibility index (Phi) is 3.15. The van der Waals surface area contributed by atoms with Crippen molar-refractivity contribution in [2.45, 2.75) is 45.3 Å². The first-order chi connectivity index (χ1) is 10.9. The lowest BCUT2D eigenvalue weighted by Crippen LogP contribution is -2.31. The normalized spacial score (nSPS) is 35.6. The second-order valence-electron chi connectivity index (χ2n) is 6.99. The molecule has 1 aliphatic heterocycles. The maximum absolute atomic E-state index is 6.26. The van der Waals surface area contributed by atoms with Crippen LogP contribution in [-0.4, -0.2) is 26.4 Å². The Hall–Kier alpha value is -1.43. The Morgan fingerprint density at radius 1 is 1.39 bits per heavy atom. The van der Waals surface area contributed by atoms with Crippen molar-refractivity contribution < 1.29 is 9.47 Å². The van der Waals surface area contributed by atoms with Crippen LogP contribution in [-0.2, 0) is 9.47 Å². The van der Waals surface area contributed by atoms with Crippen LogP contribution in [0.5, 0.6) is 0 Å². The molecule has 0 bridgehead atoms. The van der Waals surface area contributed by atoms with Gasteiger partial charge in [-0.15, -0.1) is 6.58 Å². The molecule has 0 N–H and O–H groups in total. The summed E-state index contributed by atoms with van der Waals surface area (Å²) in [5, 5.41) is 1.26. The Labute approximate surface area is 140 Å². The zero-order valence-electron chi connectivity index (χ0n) is 13.5. The fourth-order valence-electron chi connectivity index (χ4n) is 3.74. The Balaban J connectivity index is 1.82. The second kappa shape index (κ2) is 4.79. The van der Waals surface area contributed by atoms with Crippen molar-refractivity contribution in [1.29, 1.82) is 0 Å². The van der Waals surface area contributed by atoms with E-state index >= 15 is 0 Å². The van der Waals surface area contributed by atoms with Gasteiger partial charge in [0.2, 0.25) is 0 Å². The third kappa shape index (κ3) is 2.14. The highest BCUT2D eigenvalue weighted by Gasteiger charge is 2.62. The highest BCUT2D eigenvalue weighted by molar-refractivity contribution is 6.33. The van der Waals surface area contributed by atoms with Gasteiger partial charge in [-0.1, -0.05) is 24.6 Å². The van der Waals surface area contributed by atoms with Crippen molar-refractivity contribution in [3.8, 4) is 0 Å². The number of ether oxygens (including phenoxy) is 2. The minimum atomic E-state index is -0.652. The highest BCUT2D eigenvalue weighted by atomic mass is 35.5. The molecule has 23 heavy (non-hydrogen) atoms. The molecule has 0 unspecified atom stereocenters. The lowest BCUT2D eigenvalue weighted by atomic mass is 9.95. The van der Waals surface area contributed by atoms with Gasteiger partial charge in [0, 0.05) is 11.6 Å². The molecule has 0 spiro atoms. The van der Waals surface area contributed by atoms with Crippen molar-refractivity contribution in [2.75, 3.05) is 0 Å². The number of hydrogen-bond acceptors (Lipinski definition) is 4. The minimum absolute atomic E-state index is 0.0497. The Morgan fingerprint density at radius 3 is 2.78 bits per heavy atom. The fraction of sp³-hybridized carbons (Fsp3) is 0.529. The Bertz CT molecular complexity index is 787. The van der Waals surface area contributed by atoms with Crippen LogP contribution in [0.25, 0.3) is 11.0 Å². The van der Waals surface area contributed by atoms with E-state index < -0.39 is 5.79 Å². The van der Waals surface area contributed by atoms with Crippen LogP contribution >= 0.6 is 11.6 Å². The molecule has 6 heteroatoms. The molecule has 2 fully saturated rings. The summed E-state index contributed by atoms with van der Waals surface area (Å²) < 4.78 is 14.5. The van der Waals surface area contributed by atoms with Crippen molar-refractivity contribution in [1.82, 2.24) is 14.5 Å². The molecule has 2 aromatic rings. The van der Waals surface area contributed by atoms with E-state index in [0.717, 1.165) is 17.5 Å². The quantitative estimate of drug-likeness (QED) is 0.630. The standard InChI is InChI=1S/C17H20ClN3O2/c1-5-17(8-10(17)2)12-15(23-16(3,4)22-12)21-7-6-11-13(18)19-9-20-14(11)21/h5-7,9-10,12,15H,1,8H2,2-4H3/t10-,12-,15+,17+/m0/s1. The molecule has 0 aromatic carbocycles. The molecule has 5 nitrogen and oxygen atoms in total. The molecule has 2 aliphatic rings.